The van der Waals surface area contributed by atoms with Crippen LogP contribution in [0.4, 0.5) is 0 Å². The van der Waals surface area contributed by atoms with Crippen LogP contribution in [0.25, 0.3) is 0 Å². The fraction of sp³-hybridized carbons (Fsp3) is 0.933. The first-order chi connectivity index (χ1) is 8.16. The third-order valence-corrected chi connectivity index (χ3v) is 5.18. The van der Waals surface area contributed by atoms with Crippen LogP contribution in [-0.2, 0) is 0 Å². The Hall–Kier alpha value is -0.550. The van der Waals surface area contributed by atoms with Gasteiger partial charge in [0.15, 0.2) is 0 Å². The van der Waals surface area contributed by atoms with Gasteiger partial charge in [-0.3, -0.25) is 0 Å². The van der Waals surface area contributed by atoms with E-state index < -0.39 is 11.0 Å². The van der Waals surface area contributed by atoms with Crippen molar-refractivity contribution in [3.8, 4) is 6.07 Å². The third-order valence-electron chi connectivity index (χ3n) is 5.18. The van der Waals surface area contributed by atoms with Gasteiger partial charge >= 0.3 is 0 Å². The first-order valence-electron chi connectivity index (χ1n) is 7.29. The Kier molecular flexibility index (Phi) is 3.78. The van der Waals surface area contributed by atoms with Crippen molar-refractivity contribution < 1.29 is 5.11 Å². The van der Waals surface area contributed by atoms with Crippen LogP contribution >= 0.6 is 0 Å². The van der Waals surface area contributed by atoms with Crippen molar-refractivity contribution in [1.29, 1.82) is 5.26 Å². The second-order valence-corrected chi connectivity index (χ2v) is 6.16. The summed E-state index contributed by atoms with van der Waals surface area (Å²) < 4.78 is 0. The van der Waals surface area contributed by atoms with Crippen LogP contribution in [0.5, 0.6) is 0 Å². The summed E-state index contributed by atoms with van der Waals surface area (Å²) in [7, 11) is 0. The summed E-state index contributed by atoms with van der Waals surface area (Å²) in [4.78, 5) is 0. The lowest BCUT2D eigenvalue weighted by atomic mass is 9.57. The van der Waals surface area contributed by atoms with Crippen LogP contribution in [0.2, 0.25) is 0 Å². The van der Waals surface area contributed by atoms with Crippen molar-refractivity contribution >= 4 is 0 Å². The maximum Gasteiger partial charge on any atom is 0.0860 e. The normalized spacial score (nSPS) is 36.6. The zero-order chi connectivity index (χ0) is 12.4. The van der Waals surface area contributed by atoms with Gasteiger partial charge in [0.25, 0.3) is 0 Å². The Morgan fingerprint density at radius 2 is 1.94 bits per heavy atom. The van der Waals surface area contributed by atoms with E-state index in [0.29, 0.717) is 0 Å². The van der Waals surface area contributed by atoms with E-state index in [1.807, 2.05) is 0 Å². The third kappa shape index (κ3) is 2.22. The van der Waals surface area contributed by atoms with E-state index in [-0.39, 0.29) is 0 Å². The van der Waals surface area contributed by atoms with E-state index in [4.69, 9.17) is 0 Å². The second-order valence-electron chi connectivity index (χ2n) is 6.16. The molecule has 1 N–H and O–H groups in total. The minimum absolute atomic E-state index is 0.395. The van der Waals surface area contributed by atoms with Gasteiger partial charge in [-0.05, 0) is 38.0 Å². The largest absolute Gasteiger partial charge is 0.388 e. The average Bonchev–Trinajstić information content (AvgIpc) is 2.42. The Balaban J connectivity index is 2.04. The van der Waals surface area contributed by atoms with Gasteiger partial charge in [0.2, 0.25) is 0 Å². The second kappa shape index (κ2) is 4.98. The minimum atomic E-state index is -0.678. The van der Waals surface area contributed by atoms with Crippen molar-refractivity contribution in [2.75, 3.05) is 0 Å². The fourth-order valence-electron chi connectivity index (χ4n) is 3.78. The highest BCUT2D eigenvalue weighted by Gasteiger charge is 2.54. The molecule has 0 radical (unpaired) electrons. The fourth-order valence-corrected chi connectivity index (χ4v) is 3.78. The highest BCUT2D eigenvalue weighted by Crippen LogP contribution is 2.54. The predicted octanol–water partition coefficient (Wildman–Crippen LogP) is 3.79. The van der Waals surface area contributed by atoms with Crippen LogP contribution in [-0.4, -0.2) is 10.7 Å². The molecule has 2 unspecified atom stereocenters. The summed E-state index contributed by atoms with van der Waals surface area (Å²) in [6.07, 6.45) is 10.6. The minimum Gasteiger partial charge on any atom is -0.388 e. The van der Waals surface area contributed by atoms with Crippen LogP contribution < -0.4 is 0 Å². The van der Waals surface area contributed by atoms with Gasteiger partial charge in [0, 0.05) is 0 Å². The highest BCUT2D eigenvalue weighted by atomic mass is 16.3. The molecule has 2 fully saturated rings. The molecule has 0 saturated heterocycles. The maximum absolute atomic E-state index is 10.9. The number of hydrogen-bond donors (Lipinski definition) is 1. The Morgan fingerprint density at radius 3 is 2.47 bits per heavy atom. The van der Waals surface area contributed by atoms with E-state index in [2.05, 4.69) is 13.0 Å². The molecule has 0 aromatic carbocycles. The molecule has 0 aromatic heterocycles. The smallest absolute Gasteiger partial charge is 0.0860 e. The molecule has 0 spiro atoms. The standard InChI is InChI=1S/C15H25NO/c1-2-5-13-6-3-10-15(17,11-7-13)14(12-16)8-4-9-14/h13,17H,2-11H2,1H3. The first kappa shape index (κ1) is 12.9. The molecule has 2 nitrogen and oxygen atoms in total. The molecule has 0 heterocycles. The van der Waals surface area contributed by atoms with Gasteiger partial charge in [0.05, 0.1) is 17.1 Å². The lowest BCUT2D eigenvalue weighted by Crippen LogP contribution is -2.51. The Morgan fingerprint density at radius 1 is 1.18 bits per heavy atom. The number of aliphatic hydroxyl groups is 1. The lowest BCUT2D eigenvalue weighted by Gasteiger charge is -2.48. The molecule has 0 aliphatic heterocycles. The molecule has 0 bridgehead atoms. The summed E-state index contributed by atoms with van der Waals surface area (Å²) >= 11 is 0. The van der Waals surface area contributed by atoms with E-state index in [0.717, 1.165) is 50.9 Å². The molecule has 2 rings (SSSR count). The van der Waals surface area contributed by atoms with Gasteiger partial charge in [-0.15, -0.1) is 0 Å². The number of hydrogen-bond acceptors (Lipinski definition) is 2. The van der Waals surface area contributed by atoms with Crippen LogP contribution in [0.15, 0.2) is 0 Å². The summed E-state index contributed by atoms with van der Waals surface area (Å²) in [5.74, 6) is 0.782. The molecule has 2 heteroatoms. The molecule has 2 atom stereocenters. The summed E-state index contributed by atoms with van der Waals surface area (Å²) in [6, 6.07) is 2.45. The van der Waals surface area contributed by atoms with Gasteiger partial charge < -0.3 is 5.11 Å². The summed E-state index contributed by atoms with van der Waals surface area (Å²) in [5.41, 5.74) is -1.07. The molecule has 2 aliphatic carbocycles. The van der Waals surface area contributed by atoms with Gasteiger partial charge in [-0.1, -0.05) is 39.0 Å². The lowest BCUT2D eigenvalue weighted by molar-refractivity contribution is -0.104. The van der Waals surface area contributed by atoms with Crippen LogP contribution in [0.1, 0.15) is 71.1 Å². The van der Waals surface area contributed by atoms with Crippen molar-refractivity contribution in [2.24, 2.45) is 11.3 Å². The number of nitrogens with zero attached hydrogens (tertiary/aromatic N) is 1. The number of nitriles is 1. The van der Waals surface area contributed by atoms with Crippen molar-refractivity contribution in [1.82, 2.24) is 0 Å². The Bertz CT molecular complexity index is 303. The zero-order valence-electron chi connectivity index (χ0n) is 11.0. The SMILES string of the molecule is CCCC1CCCC(O)(C2(C#N)CCC2)CC1. The van der Waals surface area contributed by atoms with E-state index in [1.54, 1.807) is 0 Å². The van der Waals surface area contributed by atoms with E-state index in [1.165, 1.54) is 19.3 Å². The average molecular weight is 235 g/mol. The van der Waals surface area contributed by atoms with E-state index >= 15 is 0 Å². The molecule has 0 amide bonds. The number of rotatable bonds is 3. The molecule has 17 heavy (non-hydrogen) atoms. The van der Waals surface area contributed by atoms with E-state index in [9.17, 15) is 10.4 Å². The summed E-state index contributed by atoms with van der Waals surface area (Å²) in [5, 5.41) is 20.3. The molecule has 0 aromatic rings. The molecule has 96 valence electrons. The zero-order valence-corrected chi connectivity index (χ0v) is 11.0. The van der Waals surface area contributed by atoms with Crippen molar-refractivity contribution in [2.45, 2.75) is 76.7 Å². The van der Waals surface area contributed by atoms with Crippen LogP contribution in [0, 0.1) is 22.7 Å². The molecular formula is C15H25NO. The van der Waals surface area contributed by atoms with Crippen molar-refractivity contribution in [3.05, 3.63) is 0 Å². The van der Waals surface area contributed by atoms with Gasteiger partial charge in [-0.2, -0.15) is 5.26 Å². The maximum atomic E-state index is 10.9. The predicted molar refractivity (Wildman–Crippen MR) is 68.3 cm³/mol. The molecular weight excluding hydrogens is 210 g/mol. The van der Waals surface area contributed by atoms with Gasteiger partial charge in [0.1, 0.15) is 0 Å². The van der Waals surface area contributed by atoms with Crippen LogP contribution in [0.3, 0.4) is 0 Å². The quantitative estimate of drug-likeness (QED) is 0.756. The Labute approximate surface area is 105 Å². The van der Waals surface area contributed by atoms with Gasteiger partial charge in [-0.25, -0.2) is 0 Å². The molecule has 2 aliphatic rings. The first-order valence-corrected chi connectivity index (χ1v) is 7.29. The topological polar surface area (TPSA) is 44.0 Å². The van der Waals surface area contributed by atoms with Crippen molar-refractivity contribution in [3.63, 3.8) is 0 Å². The highest BCUT2D eigenvalue weighted by molar-refractivity contribution is 5.16. The summed E-state index contributed by atoms with van der Waals surface area (Å²) in [6.45, 7) is 2.24. The monoisotopic (exact) mass is 235 g/mol. The molecule has 2 saturated carbocycles.